The van der Waals surface area contributed by atoms with Gasteiger partial charge in [-0.2, -0.15) is 0 Å². The standard InChI is InChI=1S/C11H21N3/c1-11(2,9-14-6-3-5-12)10-4-7-13-8-10/h4,7-8,13-14H,3,5-6,9,12H2,1-2H3. The Kier molecular flexibility index (Phi) is 4.17. The first kappa shape index (κ1) is 11.3. The average molecular weight is 195 g/mol. The Morgan fingerprint density at radius 3 is 2.86 bits per heavy atom. The van der Waals surface area contributed by atoms with Crippen molar-refractivity contribution in [3.8, 4) is 0 Å². The molecule has 0 saturated carbocycles. The Labute approximate surface area is 86.1 Å². The van der Waals surface area contributed by atoms with Crippen LogP contribution in [0.4, 0.5) is 0 Å². The first-order valence-electron chi connectivity index (χ1n) is 5.21. The van der Waals surface area contributed by atoms with Crippen LogP contribution in [-0.4, -0.2) is 24.6 Å². The molecule has 0 aliphatic rings. The number of aromatic amines is 1. The molecule has 0 unspecified atom stereocenters. The molecule has 0 aromatic carbocycles. The van der Waals surface area contributed by atoms with E-state index in [0.717, 1.165) is 26.1 Å². The van der Waals surface area contributed by atoms with E-state index >= 15 is 0 Å². The van der Waals surface area contributed by atoms with Gasteiger partial charge in [-0.15, -0.1) is 0 Å². The predicted molar refractivity (Wildman–Crippen MR) is 60.4 cm³/mol. The quantitative estimate of drug-likeness (QED) is 0.598. The summed E-state index contributed by atoms with van der Waals surface area (Å²) in [5.74, 6) is 0. The summed E-state index contributed by atoms with van der Waals surface area (Å²) in [6, 6.07) is 2.13. The molecule has 14 heavy (non-hydrogen) atoms. The number of nitrogens with one attached hydrogen (secondary N) is 2. The molecule has 3 nitrogen and oxygen atoms in total. The van der Waals surface area contributed by atoms with E-state index in [0.29, 0.717) is 0 Å². The molecule has 80 valence electrons. The Morgan fingerprint density at radius 2 is 2.29 bits per heavy atom. The smallest absolute Gasteiger partial charge is 0.00437 e. The molecule has 0 atom stereocenters. The molecule has 0 aliphatic carbocycles. The summed E-state index contributed by atoms with van der Waals surface area (Å²) in [6.45, 7) is 7.24. The van der Waals surface area contributed by atoms with Gasteiger partial charge in [0.2, 0.25) is 0 Å². The highest BCUT2D eigenvalue weighted by molar-refractivity contribution is 5.20. The van der Waals surface area contributed by atoms with E-state index in [1.807, 2.05) is 6.20 Å². The van der Waals surface area contributed by atoms with Crippen molar-refractivity contribution < 1.29 is 0 Å². The Balaban J connectivity index is 2.35. The summed E-state index contributed by atoms with van der Waals surface area (Å²) >= 11 is 0. The topological polar surface area (TPSA) is 53.8 Å². The summed E-state index contributed by atoms with van der Waals surface area (Å²) < 4.78 is 0. The molecule has 0 radical (unpaired) electrons. The minimum atomic E-state index is 0.189. The number of aromatic nitrogens is 1. The third-order valence-electron chi connectivity index (χ3n) is 2.50. The van der Waals surface area contributed by atoms with Gasteiger partial charge < -0.3 is 16.0 Å². The first-order valence-corrected chi connectivity index (χ1v) is 5.21. The summed E-state index contributed by atoms with van der Waals surface area (Å²) in [6.07, 6.45) is 5.07. The highest BCUT2D eigenvalue weighted by atomic mass is 14.9. The average Bonchev–Trinajstić information content (AvgIpc) is 2.65. The van der Waals surface area contributed by atoms with Gasteiger partial charge in [-0.05, 0) is 31.1 Å². The van der Waals surface area contributed by atoms with E-state index in [2.05, 4.69) is 36.4 Å². The Morgan fingerprint density at radius 1 is 1.50 bits per heavy atom. The second-order valence-electron chi connectivity index (χ2n) is 4.30. The molecule has 0 aliphatic heterocycles. The third-order valence-corrected chi connectivity index (χ3v) is 2.50. The van der Waals surface area contributed by atoms with Crippen molar-refractivity contribution >= 4 is 0 Å². The minimum absolute atomic E-state index is 0.189. The van der Waals surface area contributed by atoms with Gasteiger partial charge in [-0.3, -0.25) is 0 Å². The molecule has 1 aromatic heterocycles. The van der Waals surface area contributed by atoms with E-state index in [1.54, 1.807) is 0 Å². The maximum atomic E-state index is 5.43. The van der Waals surface area contributed by atoms with Crippen LogP contribution in [0.5, 0.6) is 0 Å². The molecule has 0 fully saturated rings. The van der Waals surface area contributed by atoms with Gasteiger partial charge in [0.15, 0.2) is 0 Å². The third kappa shape index (κ3) is 3.16. The zero-order chi connectivity index (χ0) is 10.4. The van der Waals surface area contributed by atoms with Crippen LogP contribution in [0.1, 0.15) is 25.8 Å². The largest absolute Gasteiger partial charge is 0.367 e. The molecular weight excluding hydrogens is 174 g/mol. The molecule has 0 saturated heterocycles. The van der Waals surface area contributed by atoms with E-state index < -0.39 is 0 Å². The second kappa shape index (κ2) is 5.17. The zero-order valence-corrected chi connectivity index (χ0v) is 9.14. The lowest BCUT2D eigenvalue weighted by atomic mass is 9.86. The first-order chi connectivity index (χ1) is 6.67. The van der Waals surface area contributed by atoms with Crippen LogP contribution >= 0.6 is 0 Å². The normalized spacial score (nSPS) is 11.9. The van der Waals surface area contributed by atoms with E-state index in [4.69, 9.17) is 5.73 Å². The Bertz CT molecular complexity index is 239. The fourth-order valence-corrected chi connectivity index (χ4v) is 1.47. The second-order valence-corrected chi connectivity index (χ2v) is 4.30. The number of H-pyrrole nitrogens is 1. The number of hydrogen-bond donors (Lipinski definition) is 3. The fourth-order valence-electron chi connectivity index (χ4n) is 1.47. The predicted octanol–water partition coefficient (Wildman–Crippen LogP) is 1.23. The molecule has 1 rings (SSSR count). The molecule has 0 bridgehead atoms. The lowest BCUT2D eigenvalue weighted by molar-refractivity contribution is 0.468. The minimum Gasteiger partial charge on any atom is -0.367 e. The monoisotopic (exact) mass is 195 g/mol. The van der Waals surface area contributed by atoms with Crippen molar-refractivity contribution in [2.24, 2.45) is 5.73 Å². The zero-order valence-electron chi connectivity index (χ0n) is 9.14. The van der Waals surface area contributed by atoms with Gasteiger partial charge in [0.1, 0.15) is 0 Å². The van der Waals surface area contributed by atoms with Gasteiger partial charge in [0.25, 0.3) is 0 Å². The van der Waals surface area contributed by atoms with Crippen LogP contribution in [0.15, 0.2) is 18.5 Å². The van der Waals surface area contributed by atoms with Crippen LogP contribution in [0, 0.1) is 0 Å². The highest BCUT2D eigenvalue weighted by Gasteiger charge is 2.19. The molecule has 1 aromatic rings. The maximum absolute atomic E-state index is 5.43. The number of hydrogen-bond acceptors (Lipinski definition) is 2. The van der Waals surface area contributed by atoms with Gasteiger partial charge in [0.05, 0.1) is 0 Å². The van der Waals surface area contributed by atoms with Gasteiger partial charge >= 0.3 is 0 Å². The Hall–Kier alpha value is -0.800. The van der Waals surface area contributed by atoms with Crippen LogP contribution in [0.2, 0.25) is 0 Å². The summed E-state index contributed by atoms with van der Waals surface area (Å²) in [5.41, 5.74) is 6.96. The van der Waals surface area contributed by atoms with E-state index in [9.17, 15) is 0 Å². The molecule has 3 heteroatoms. The van der Waals surface area contributed by atoms with Crippen molar-refractivity contribution in [1.29, 1.82) is 0 Å². The van der Waals surface area contributed by atoms with Crippen LogP contribution in [0.3, 0.4) is 0 Å². The van der Waals surface area contributed by atoms with Gasteiger partial charge in [-0.1, -0.05) is 13.8 Å². The lowest BCUT2D eigenvalue weighted by Crippen LogP contribution is -2.33. The fraction of sp³-hybridized carbons (Fsp3) is 0.636. The molecule has 0 spiro atoms. The van der Waals surface area contributed by atoms with Gasteiger partial charge in [0, 0.05) is 24.4 Å². The van der Waals surface area contributed by atoms with Crippen LogP contribution in [0.25, 0.3) is 0 Å². The summed E-state index contributed by atoms with van der Waals surface area (Å²) in [4.78, 5) is 3.09. The number of nitrogens with two attached hydrogens (primary N) is 1. The van der Waals surface area contributed by atoms with E-state index in [1.165, 1.54) is 5.56 Å². The van der Waals surface area contributed by atoms with Crippen molar-refractivity contribution in [2.75, 3.05) is 19.6 Å². The number of rotatable bonds is 6. The summed E-state index contributed by atoms with van der Waals surface area (Å²) in [5, 5.41) is 3.42. The maximum Gasteiger partial charge on any atom is 0.00437 e. The molecule has 1 heterocycles. The van der Waals surface area contributed by atoms with Crippen LogP contribution in [-0.2, 0) is 5.41 Å². The highest BCUT2D eigenvalue weighted by Crippen LogP contribution is 2.21. The van der Waals surface area contributed by atoms with Crippen LogP contribution < -0.4 is 11.1 Å². The van der Waals surface area contributed by atoms with Crippen molar-refractivity contribution in [2.45, 2.75) is 25.7 Å². The molecule has 4 N–H and O–H groups in total. The molecule has 0 amide bonds. The van der Waals surface area contributed by atoms with Crippen molar-refractivity contribution in [3.63, 3.8) is 0 Å². The van der Waals surface area contributed by atoms with Gasteiger partial charge in [-0.25, -0.2) is 0 Å². The summed E-state index contributed by atoms with van der Waals surface area (Å²) in [7, 11) is 0. The molecular formula is C11H21N3. The van der Waals surface area contributed by atoms with E-state index in [-0.39, 0.29) is 5.41 Å². The van der Waals surface area contributed by atoms with Crippen molar-refractivity contribution in [1.82, 2.24) is 10.3 Å². The lowest BCUT2D eigenvalue weighted by Gasteiger charge is -2.24. The SMILES string of the molecule is CC(C)(CNCCCN)c1cc[nH]c1. The van der Waals surface area contributed by atoms with Crippen molar-refractivity contribution in [3.05, 3.63) is 24.0 Å².